The van der Waals surface area contributed by atoms with Gasteiger partial charge in [0.25, 0.3) is 5.91 Å². The van der Waals surface area contributed by atoms with Gasteiger partial charge in [0, 0.05) is 36.8 Å². The quantitative estimate of drug-likeness (QED) is 0.147. The van der Waals surface area contributed by atoms with E-state index in [1.807, 2.05) is 24.4 Å². The number of hydrogen-bond acceptors (Lipinski definition) is 10. The minimum atomic E-state index is -0.521. The number of ether oxygens (including phenoxy) is 2. The number of benzene rings is 1. The zero-order valence-corrected chi connectivity index (χ0v) is 28.8. The lowest BCUT2D eigenvalue weighted by Crippen LogP contribution is -2.20. The smallest absolute Gasteiger partial charge is 0.251 e. The van der Waals surface area contributed by atoms with Gasteiger partial charge in [0.05, 0.1) is 40.4 Å². The number of amides is 1. The van der Waals surface area contributed by atoms with Gasteiger partial charge in [-0.05, 0) is 91.5 Å². The van der Waals surface area contributed by atoms with E-state index in [0.717, 1.165) is 77.5 Å². The maximum absolute atomic E-state index is 13.5. The Balaban J connectivity index is 1.38. The van der Waals surface area contributed by atoms with E-state index in [-0.39, 0.29) is 12.0 Å². The number of aryl methyl sites for hydroxylation is 2. The van der Waals surface area contributed by atoms with Gasteiger partial charge in [-0.3, -0.25) is 9.78 Å². The van der Waals surface area contributed by atoms with Crippen LogP contribution in [-0.4, -0.2) is 46.4 Å². The molecule has 3 N–H and O–H groups in total. The Bertz CT molecular complexity index is 1960. The first kappa shape index (κ1) is 32.2. The molecule has 10 nitrogen and oxygen atoms in total. The fourth-order valence-electron chi connectivity index (χ4n) is 7.24. The fourth-order valence-corrected chi connectivity index (χ4v) is 8.40. The van der Waals surface area contributed by atoms with Crippen LogP contribution in [0.2, 0.25) is 0 Å². The highest BCUT2D eigenvalue weighted by atomic mass is 32.1. The third-order valence-corrected chi connectivity index (χ3v) is 10.7. The molecule has 0 radical (unpaired) electrons. The van der Waals surface area contributed by atoms with Crippen molar-refractivity contribution in [1.29, 1.82) is 0 Å². The van der Waals surface area contributed by atoms with Crippen LogP contribution in [0.15, 0.2) is 40.9 Å². The highest BCUT2D eigenvalue weighted by Gasteiger charge is 2.31. The van der Waals surface area contributed by atoms with Crippen LogP contribution in [0.1, 0.15) is 84.3 Å². The molecule has 11 heteroatoms. The molecule has 0 bridgehead atoms. The standard InChI is InChI=1S/C37H42N6O4S/c1-20(2)18-28-31(35(38)44)33(32(37-43-42-21(3)47-37)27(40-28)10-8-22-13-16-46-17-14-22)30-19-23-12-15-39-36(34(23)48-30)41-26-11-9-25-24(26)6-5-7-29(25)45-4/h5-7,12,15,19-20,22,26H,8-11,13-14,16-18H2,1-4H3,(H2,38,44)(H,39,41)/t26-/m0/s1. The summed E-state index contributed by atoms with van der Waals surface area (Å²) in [6.07, 6.45) is 8.03. The fraction of sp³-hybridized carbons (Fsp3) is 0.432. The Morgan fingerprint density at radius 1 is 1.12 bits per heavy atom. The molecule has 1 aliphatic carbocycles. The lowest BCUT2D eigenvalue weighted by molar-refractivity contribution is 0.0639. The second kappa shape index (κ2) is 13.6. The summed E-state index contributed by atoms with van der Waals surface area (Å²) in [5.41, 5.74) is 12.1. The second-order valence-corrected chi connectivity index (χ2v) is 14.3. The van der Waals surface area contributed by atoms with Gasteiger partial charge in [-0.1, -0.05) is 26.0 Å². The molecule has 4 aromatic heterocycles. The number of carbonyl (C=O) groups excluding carboxylic acids is 1. The van der Waals surface area contributed by atoms with Gasteiger partial charge >= 0.3 is 0 Å². The van der Waals surface area contributed by atoms with Gasteiger partial charge in [-0.25, -0.2) is 4.98 Å². The Morgan fingerprint density at radius 3 is 2.69 bits per heavy atom. The monoisotopic (exact) mass is 666 g/mol. The first-order chi connectivity index (χ1) is 23.3. The van der Waals surface area contributed by atoms with Gasteiger partial charge in [-0.2, -0.15) is 0 Å². The summed E-state index contributed by atoms with van der Waals surface area (Å²) in [4.78, 5) is 24.3. The van der Waals surface area contributed by atoms with E-state index in [9.17, 15) is 4.79 Å². The van der Waals surface area contributed by atoms with Crippen LogP contribution >= 0.6 is 11.3 Å². The maximum Gasteiger partial charge on any atom is 0.251 e. The number of nitrogens with one attached hydrogen (secondary N) is 1. The predicted octanol–water partition coefficient (Wildman–Crippen LogP) is 7.48. The van der Waals surface area contributed by atoms with E-state index >= 15 is 0 Å². The van der Waals surface area contributed by atoms with E-state index in [4.69, 9.17) is 29.6 Å². The molecule has 1 aromatic carbocycles. The summed E-state index contributed by atoms with van der Waals surface area (Å²) in [5, 5.41) is 13.4. The molecule has 1 saturated heterocycles. The molecule has 5 aromatic rings. The zero-order chi connectivity index (χ0) is 33.4. The molecule has 250 valence electrons. The largest absolute Gasteiger partial charge is 0.496 e. The van der Waals surface area contributed by atoms with Crippen molar-refractivity contribution in [2.45, 2.75) is 71.8 Å². The Kier molecular flexibility index (Phi) is 9.15. The van der Waals surface area contributed by atoms with Crippen molar-refractivity contribution in [2.75, 3.05) is 25.6 Å². The van der Waals surface area contributed by atoms with Crippen molar-refractivity contribution in [3.05, 3.63) is 70.5 Å². The minimum absolute atomic E-state index is 0.104. The van der Waals surface area contributed by atoms with Crippen LogP contribution in [-0.2, 0) is 24.0 Å². The molecule has 2 aliphatic rings. The highest BCUT2D eigenvalue weighted by Crippen LogP contribution is 2.46. The summed E-state index contributed by atoms with van der Waals surface area (Å²) in [6.45, 7) is 7.59. The van der Waals surface area contributed by atoms with E-state index in [0.29, 0.717) is 52.9 Å². The molecule has 1 amide bonds. The van der Waals surface area contributed by atoms with E-state index in [2.05, 4.69) is 41.5 Å². The van der Waals surface area contributed by atoms with Crippen molar-refractivity contribution >= 4 is 33.1 Å². The number of anilines is 1. The van der Waals surface area contributed by atoms with Crippen molar-refractivity contribution < 1.29 is 18.7 Å². The molecule has 0 spiro atoms. The van der Waals surface area contributed by atoms with E-state index < -0.39 is 5.91 Å². The molecule has 7 rings (SSSR count). The summed E-state index contributed by atoms with van der Waals surface area (Å²) in [7, 11) is 1.72. The first-order valence-electron chi connectivity index (χ1n) is 16.9. The highest BCUT2D eigenvalue weighted by molar-refractivity contribution is 7.23. The normalized spacial score (nSPS) is 16.5. The summed E-state index contributed by atoms with van der Waals surface area (Å²) in [5.74, 6) is 2.80. The van der Waals surface area contributed by atoms with Gasteiger partial charge in [0.15, 0.2) is 0 Å². The van der Waals surface area contributed by atoms with Gasteiger partial charge < -0.3 is 24.9 Å². The van der Waals surface area contributed by atoms with Crippen LogP contribution in [0.4, 0.5) is 5.82 Å². The number of nitrogens with zero attached hydrogens (tertiary/aromatic N) is 4. The zero-order valence-electron chi connectivity index (χ0n) is 28.0. The van der Waals surface area contributed by atoms with E-state index in [1.54, 1.807) is 25.4 Å². The van der Waals surface area contributed by atoms with Crippen LogP contribution in [0.25, 0.3) is 32.0 Å². The maximum atomic E-state index is 13.5. The molecule has 48 heavy (non-hydrogen) atoms. The summed E-state index contributed by atoms with van der Waals surface area (Å²) < 4.78 is 18.4. The Labute approximate surface area is 284 Å². The van der Waals surface area contributed by atoms with Crippen LogP contribution in [0, 0.1) is 18.8 Å². The number of thiophene rings is 1. The molecule has 5 heterocycles. The minimum Gasteiger partial charge on any atom is -0.496 e. The van der Waals surface area contributed by atoms with Crippen molar-refractivity contribution in [1.82, 2.24) is 20.2 Å². The van der Waals surface area contributed by atoms with Crippen LogP contribution in [0.3, 0.4) is 0 Å². The number of methoxy groups -OCH3 is 1. The molecule has 1 aliphatic heterocycles. The van der Waals surface area contributed by atoms with Gasteiger partial charge in [0.1, 0.15) is 11.6 Å². The molecular formula is C37H42N6O4S. The number of carbonyl (C=O) groups is 1. The average molecular weight is 667 g/mol. The average Bonchev–Trinajstić information content (AvgIpc) is 3.82. The van der Waals surface area contributed by atoms with Crippen LogP contribution < -0.4 is 15.8 Å². The van der Waals surface area contributed by atoms with Crippen molar-refractivity contribution in [3.8, 4) is 27.6 Å². The number of nitrogens with two attached hydrogens (primary N) is 1. The second-order valence-electron chi connectivity index (χ2n) is 13.3. The molecular weight excluding hydrogens is 625 g/mol. The lowest BCUT2D eigenvalue weighted by atomic mass is 9.89. The number of hydrogen-bond donors (Lipinski definition) is 2. The summed E-state index contributed by atoms with van der Waals surface area (Å²) in [6, 6.07) is 10.5. The first-order valence-corrected chi connectivity index (χ1v) is 17.7. The predicted molar refractivity (Wildman–Crippen MR) is 187 cm³/mol. The third-order valence-electron chi connectivity index (χ3n) is 9.50. The Morgan fingerprint density at radius 2 is 1.96 bits per heavy atom. The molecule has 0 saturated carbocycles. The van der Waals surface area contributed by atoms with Crippen molar-refractivity contribution in [3.63, 3.8) is 0 Å². The number of pyridine rings is 2. The Hall–Kier alpha value is -4.35. The third kappa shape index (κ3) is 6.28. The summed E-state index contributed by atoms with van der Waals surface area (Å²) >= 11 is 1.59. The number of primary amides is 1. The number of aromatic nitrogens is 4. The SMILES string of the molecule is COc1cccc2c1CC[C@@H]2Nc1nccc2cc(-c3c(C(N)=O)c(CC(C)C)nc(CCC4CCOCC4)c3-c3nnc(C)o3)sc12. The van der Waals surface area contributed by atoms with E-state index in [1.165, 1.54) is 11.1 Å². The lowest BCUT2D eigenvalue weighted by Gasteiger charge is -2.23. The van der Waals surface area contributed by atoms with Gasteiger partial charge in [-0.15, -0.1) is 21.5 Å². The molecule has 1 fully saturated rings. The topological polar surface area (TPSA) is 138 Å². The molecule has 1 atom stereocenters. The van der Waals surface area contributed by atoms with Gasteiger partial charge in [0.2, 0.25) is 11.8 Å². The van der Waals surface area contributed by atoms with Crippen molar-refractivity contribution in [2.24, 2.45) is 17.6 Å². The number of fused-ring (bicyclic) bond motifs is 2. The number of rotatable bonds is 11. The van der Waals surface area contributed by atoms with Crippen LogP contribution in [0.5, 0.6) is 5.75 Å². The molecule has 0 unspecified atom stereocenters.